The molecule has 3 aromatic heterocycles. The average molecular weight is 601 g/mol. The Hall–Kier alpha value is -6.26. The fraction of sp³-hybridized carbons (Fsp3) is 0.0233. The third kappa shape index (κ3) is 3.88. The molecule has 0 saturated heterocycles. The summed E-state index contributed by atoms with van der Waals surface area (Å²) in [4.78, 5) is 9.98. The van der Waals surface area contributed by atoms with Crippen LogP contribution in [-0.2, 0) is 6.42 Å². The van der Waals surface area contributed by atoms with Gasteiger partial charge in [-0.2, -0.15) is 0 Å². The molecule has 10 rings (SSSR count). The van der Waals surface area contributed by atoms with E-state index in [2.05, 4.69) is 153 Å². The molecule has 0 fully saturated rings. The number of imidazole rings is 2. The molecule has 0 spiro atoms. The molecule has 0 unspecified atom stereocenters. The van der Waals surface area contributed by atoms with Crippen LogP contribution in [0.3, 0.4) is 0 Å². The van der Waals surface area contributed by atoms with Crippen molar-refractivity contribution in [3.8, 4) is 50.2 Å². The monoisotopic (exact) mass is 600 g/mol. The van der Waals surface area contributed by atoms with E-state index in [1.54, 1.807) is 0 Å². The van der Waals surface area contributed by atoms with Gasteiger partial charge >= 0.3 is 0 Å². The maximum Gasteiger partial charge on any atom is 0.220 e. The Kier molecular flexibility index (Phi) is 5.60. The van der Waals surface area contributed by atoms with Crippen molar-refractivity contribution in [2.75, 3.05) is 0 Å². The largest absolute Gasteiger partial charge is 0.278 e. The normalized spacial score (nSPS) is 11.9. The molecule has 1 aliphatic carbocycles. The Balaban J connectivity index is 1.26. The summed E-state index contributed by atoms with van der Waals surface area (Å²) in [5, 5.41) is 0. The van der Waals surface area contributed by atoms with Gasteiger partial charge in [-0.1, -0.05) is 109 Å². The Morgan fingerprint density at radius 2 is 1.00 bits per heavy atom. The molecule has 0 amide bonds. The van der Waals surface area contributed by atoms with Crippen LogP contribution in [0.25, 0.3) is 78.0 Å². The second-order valence-corrected chi connectivity index (χ2v) is 12.2. The van der Waals surface area contributed by atoms with Crippen molar-refractivity contribution in [1.82, 2.24) is 18.9 Å². The van der Waals surface area contributed by atoms with E-state index in [4.69, 9.17) is 4.98 Å². The predicted molar refractivity (Wildman–Crippen MR) is 192 cm³/mol. The molecule has 0 atom stereocenters. The van der Waals surface area contributed by atoms with Crippen LogP contribution in [0.5, 0.6) is 0 Å². The zero-order valence-corrected chi connectivity index (χ0v) is 25.5. The number of pyridine rings is 1. The van der Waals surface area contributed by atoms with Crippen LogP contribution >= 0.6 is 0 Å². The predicted octanol–water partition coefficient (Wildman–Crippen LogP) is 10.4. The summed E-state index contributed by atoms with van der Waals surface area (Å²) in [6, 6.07) is 54.5. The standard InChI is InChI=1S/C43H28N4/c1-2-15-32-31(14-1)33-16-3-4-18-35(33)37-24-23-30(27-38(37)36-19-6-5-17-34(32)36)46-39-20-7-8-21-40(39)47-41-22-11-12-28(42(41)45-43(46)47)26-29-13-9-10-25-44-29/h1-25,27H,26H2. The first-order chi connectivity index (χ1) is 23.3. The molecule has 0 saturated carbocycles. The Labute approximate surface area is 271 Å². The highest BCUT2D eigenvalue weighted by molar-refractivity contribution is 6.03. The average Bonchev–Trinajstić information content (AvgIpc) is 3.67. The molecule has 47 heavy (non-hydrogen) atoms. The minimum absolute atomic E-state index is 0.729. The Morgan fingerprint density at radius 3 is 1.64 bits per heavy atom. The van der Waals surface area contributed by atoms with E-state index < -0.39 is 0 Å². The van der Waals surface area contributed by atoms with Crippen molar-refractivity contribution >= 4 is 27.8 Å². The molecule has 4 nitrogen and oxygen atoms in total. The molecule has 9 aromatic rings. The molecular weight excluding hydrogens is 573 g/mol. The number of para-hydroxylation sites is 3. The van der Waals surface area contributed by atoms with Crippen molar-refractivity contribution in [3.05, 3.63) is 169 Å². The van der Waals surface area contributed by atoms with Gasteiger partial charge in [-0.05, 0) is 92.5 Å². The van der Waals surface area contributed by atoms with Gasteiger partial charge in [-0.3, -0.25) is 14.0 Å². The molecule has 0 radical (unpaired) electrons. The highest BCUT2D eigenvalue weighted by atomic mass is 15.2. The highest BCUT2D eigenvalue weighted by Gasteiger charge is 2.24. The molecular formula is C43H28N4. The fourth-order valence-corrected chi connectivity index (χ4v) is 7.57. The quantitative estimate of drug-likeness (QED) is 0.202. The van der Waals surface area contributed by atoms with Gasteiger partial charge in [0.25, 0.3) is 0 Å². The summed E-state index contributed by atoms with van der Waals surface area (Å²) in [6.45, 7) is 0. The Morgan fingerprint density at radius 1 is 0.447 bits per heavy atom. The molecule has 220 valence electrons. The second kappa shape index (κ2) is 10.1. The van der Waals surface area contributed by atoms with Crippen molar-refractivity contribution in [2.24, 2.45) is 0 Å². The van der Waals surface area contributed by atoms with Gasteiger partial charge in [0.2, 0.25) is 5.78 Å². The summed E-state index contributed by atoms with van der Waals surface area (Å²) in [5.41, 5.74) is 17.6. The number of fused-ring (bicyclic) bond motifs is 13. The van der Waals surface area contributed by atoms with Crippen LogP contribution in [0, 0.1) is 0 Å². The van der Waals surface area contributed by atoms with Gasteiger partial charge in [0.05, 0.1) is 22.1 Å². The number of rotatable bonds is 3. The van der Waals surface area contributed by atoms with Crippen molar-refractivity contribution in [3.63, 3.8) is 0 Å². The first kappa shape index (κ1) is 26.0. The van der Waals surface area contributed by atoms with E-state index in [0.29, 0.717) is 0 Å². The molecule has 1 aliphatic rings. The third-order valence-electron chi connectivity index (χ3n) is 9.62. The van der Waals surface area contributed by atoms with Crippen LogP contribution in [0.4, 0.5) is 0 Å². The number of benzene rings is 6. The summed E-state index contributed by atoms with van der Waals surface area (Å²) in [7, 11) is 0. The molecule has 3 heterocycles. The van der Waals surface area contributed by atoms with Crippen molar-refractivity contribution in [2.45, 2.75) is 6.42 Å². The van der Waals surface area contributed by atoms with Crippen LogP contribution in [0.2, 0.25) is 0 Å². The lowest BCUT2D eigenvalue weighted by Crippen LogP contribution is -2.00. The maximum absolute atomic E-state index is 5.38. The fourth-order valence-electron chi connectivity index (χ4n) is 7.57. The van der Waals surface area contributed by atoms with Gasteiger partial charge in [0.15, 0.2) is 0 Å². The van der Waals surface area contributed by atoms with E-state index in [9.17, 15) is 0 Å². The first-order valence-electron chi connectivity index (χ1n) is 16.1. The third-order valence-corrected chi connectivity index (χ3v) is 9.62. The van der Waals surface area contributed by atoms with E-state index in [1.807, 2.05) is 18.3 Å². The molecule has 0 N–H and O–H groups in total. The van der Waals surface area contributed by atoms with Gasteiger partial charge in [0, 0.05) is 24.0 Å². The van der Waals surface area contributed by atoms with Crippen LogP contribution < -0.4 is 0 Å². The number of hydrogen-bond acceptors (Lipinski definition) is 2. The zero-order valence-electron chi connectivity index (χ0n) is 25.5. The highest BCUT2D eigenvalue weighted by Crippen LogP contribution is 2.48. The lowest BCUT2D eigenvalue weighted by atomic mass is 9.81. The van der Waals surface area contributed by atoms with Gasteiger partial charge in [0.1, 0.15) is 0 Å². The molecule has 0 aliphatic heterocycles. The summed E-state index contributed by atoms with van der Waals surface area (Å²) in [6.07, 6.45) is 2.59. The number of nitrogens with zero attached hydrogens (tertiary/aromatic N) is 4. The van der Waals surface area contributed by atoms with Gasteiger partial charge in [-0.25, -0.2) is 4.98 Å². The second-order valence-electron chi connectivity index (χ2n) is 12.2. The molecule has 4 heteroatoms. The van der Waals surface area contributed by atoms with Crippen LogP contribution in [0.1, 0.15) is 11.3 Å². The number of hydrogen-bond donors (Lipinski definition) is 0. The Bertz CT molecular complexity index is 2650. The van der Waals surface area contributed by atoms with E-state index in [-0.39, 0.29) is 0 Å². The lowest BCUT2D eigenvalue weighted by Gasteiger charge is -2.23. The van der Waals surface area contributed by atoms with Gasteiger partial charge in [-0.15, -0.1) is 0 Å². The van der Waals surface area contributed by atoms with Crippen molar-refractivity contribution in [1.29, 1.82) is 0 Å². The summed E-state index contributed by atoms with van der Waals surface area (Å²) >= 11 is 0. The zero-order chi connectivity index (χ0) is 30.9. The van der Waals surface area contributed by atoms with E-state index in [0.717, 1.165) is 45.6 Å². The van der Waals surface area contributed by atoms with Gasteiger partial charge < -0.3 is 0 Å². The smallest absolute Gasteiger partial charge is 0.220 e. The molecule has 0 bridgehead atoms. The topological polar surface area (TPSA) is 35.1 Å². The lowest BCUT2D eigenvalue weighted by molar-refractivity contribution is 1.08. The SMILES string of the molecule is c1ccc(Cc2cccc3c2nc2n(-c4ccc5c(c4)-c4ccccc4-c4ccccc4-c4ccccc4-5)c4ccccc4n32)nc1. The minimum atomic E-state index is 0.729. The van der Waals surface area contributed by atoms with Crippen LogP contribution in [-0.4, -0.2) is 18.9 Å². The maximum atomic E-state index is 5.38. The summed E-state index contributed by atoms with van der Waals surface area (Å²) in [5.74, 6) is 0.902. The number of aromatic nitrogens is 4. The van der Waals surface area contributed by atoms with E-state index in [1.165, 1.54) is 50.1 Å². The van der Waals surface area contributed by atoms with Crippen LogP contribution in [0.15, 0.2) is 158 Å². The molecule has 6 aromatic carbocycles. The summed E-state index contributed by atoms with van der Waals surface area (Å²) < 4.78 is 4.63. The van der Waals surface area contributed by atoms with Crippen molar-refractivity contribution < 1.29 is 0 Å². The first-order valence-corrected chi connectivity index (χ1v) is 16.1. The van der Waals surface area contributed by atoms with E-state index >= 15 is 0 Å². The minimum Gasteiger partial charge on any atom is -0.278 e.